The number of phenolic OH excluding ortho intramolecular Hbond substituents is 1. The fraction of sp³-hybridized carbons (Fsp3) is 0.364. The monoisotopic (exact) mass is 335 g/mol. The highest BCUT2D eigenvalue weighted by Gasteiger charge is 2.33. The van der Waals surface area contributed by atoms with Crippen LogP contribution in [-0.2, 0) is 10.8 Å². The van der Waals surface area contributed by atoms with Crippen LogP contribution in [-0.4, -0.2) is 10.9 Å². The number of ketones is 1. The molecular formula is C22H25NO2. The van der Waals surface area contributed by atoms with Crippen LogP contribution in [0.1, 0.15) is 74.2 Å². The average molecular weight is 335 g/mol. The lowest BCUT2D eigenvalue weighted by Gasteiger charge is -2.32. The number of hydrogen-bond acceptors (Lipinski definition) is 3. The number of carbonyl (C=O) groups is 1. The Hall–Kier alpha value is -2.60. The number of phenols is 1. The first-order chi connectivity index (χ1) is 11.5. The lowest BCUT2D eigenvalue weighted by molar-refractivity contribution is 0.103. The molecule has 3 heteroatoms. The highest BCUT2D eigenvalue weighted by molar-refractivity contribution is 6.11. The van der Waals surface area contributed by atoms with Gasteiger partial charge in [0.2, 0.25) is 0 Å². The van der Waals surface area contributed by atoms with Gasteiger partial charge >= 0.3 is 0 Å². The summed E-state index contributed by atoms with van der Waals surface area (Å²) in [7, 11) is 0. The fourth-order valence-corrected chi connectivity index (χ4v) is 3.19. The van der Waals surface area contributed by atoms with Gasteiger partial charge in [0, 0.05) is 11.1 Å². The summed E-state index contributed by atoms with van der Waals surface area (Å²) in [6.07, 6.45) is 0. The van der Waals surface area contributed by atoms with E-state index < -0.39 is 5.41 Å². The summed E-state index contributed by atoms with van der Waals surface area (Å²) in [5.41, 5.74) is 1.83. The zero-order chi connectivity index (χ0) is 19.0. The Morgan fingerprint density at radius 2 is 1.48 bits per heavy atom. The van der Waals surface area contributed by atoms with Crippen LogP contribution in [0.5, 0.6) is 5.75 Å². The van der Waals surface area contributed by atoms with Crippen LogP contribution in [0.3, 0.4) is 0 Å². The Balaban J connectivity index is 2.86. The van der Waals surface area contributed by atoms with Crippen LogP contribution in [0.25, 0.3) is 0 Å². The molecular weight excluding hydrogens is 310 g/mol. The van der Waals surface area contributed by atoms with Crippen molar-refractivity contribution in [2.24, 2.45) is 0 Å². The largest absolute Gasteiger partial charge is 0.507 e. The van der Waals surface area contributed by atoms with Crippen LogP contribution in [0.2, 0.25) is 0 Å². The van der Waals surface area contributed by atoms with Gasteiger partial charge in [0.1, 0.15) is 5.75 Å². The molecule has 0 amide bonds. The van der Waals surface area contributed by atoms with Gasteiger partial charge in [0.05, 0.1) is 17.2 Å². The topological polar surface area (TPSA) is 61.1 Å². The summed E-state index contributed by atoms with van der Waals surface area (Å²) in [5.74, 6) is -0.300. The van der Waals surface area contributed by atoms with Gasteiger partial charge in [-0.25, -0.2) is 0 Å². The summed E-state index contributed by atoms with van der Waals surface area (Å²) in [4.78, 5) is 12.9. The molecule has 0 heterocycles. The van der Waals surface area contributed by atoms with Crippen molar-refractivity contribution in [3.8, 4) is 11.8 Å². The maximum atomic E-state index is 12.9. The number of carbonyl (C=O) groups excluding carboxylic acids is 1. The number of rotatable bonds is 2. The fourth-order valence-electron chi connectivity index (χ4n) is 3.19. The molecule has 25 heavy (non-hydrogen) atoms. The molecule has 0 saturated heterocycles. The van der Waals surface area contributed by atoms with Gasteiger partial charge in [0.15, 0.2) is 5.78 Å². The third-order valence-corrected chi connectivity index (χ3v) is 4.20. The molecule has 2 aromatic carbocycles. The average Bonchev–Trinajstić information content (AvgIpc) is 2.52. The van der Waals surface area contributed by atoms with E-state index in [2.05, 4.69) is 6.07 Å². The van der Waals surface area contributed by atoms with E-state index in [0.717, 1.165) is 5.56 Å². The molecule has 0 spiro atoms. The van der Waals surface area contributed by atoms with Crippen molar-refractivity contribution in [1.29, 1.82) is 5.26 Å². The molecule has 3 nitrogen and oxygen atoms in total. The maximum absolute atomic E-state index is 12.9. The van der Waals surface area contributed by atoms with E-state index >= 15 is 0 Å². The lowest BCUT2D eigenvalue weighted by Crippen LogP contribution is -2.25. The Kier molecular flexibility index (Phi) is 4.77. The molecule has 0 aliphatic rings. The highest BCUT2D eigenvalue weighted by atomic mass is 16.3. The summed E-state index contributed by atoms with van der Waals surface area (Å²) in [6, 6.07) is 12.6. The predicted molar refractivity (Wildman–Crippen MR) is 100 cm³/mol. The Morgan fingerprint density at radius 3 is 1.92 bits per heavy atom. The van der Waals surface area contributed by atoms with Gasteiger partial charge < -0.3 is 5.11 Å². The minimum Gasteiger partial charge on any atom is -0.507 e. The summed E-state index contributed by atoms with van der Waals surface area (Å²) >= 11 is 0. The first-order valence-corrected chi connectivity index (χ1v) is 8.39. The summed E-state index contributed by atoms with van der Waals surface area (Å²) < 4.78 is 0. The predicted octanol–water partition coefficient (Wildman–Crippen LogP) is 5.09. The lowest BCUT2D eigenvalue weighted by atomic mass is 9.71. The Labute approximate surface area is 149 Å². The molecule has 2 rings (SSSR count). The second-order valence-electron chi connectivity index (χ2n) is 8.38. The van der Waals surface area contributed by atoms with Crippen LogP contribution >= 0.6 is 0 Å². The minimum atomic E-state index is -0.411. The molecule has 0 unspecified atom stereocenters. The van der Waals surface area contributed by atoms with Crippen molar-refractivity contribution in [3.63, 3.8) is 0 Å². The highest BCUT2D eigenvalue weighted by Crippen LogP contribution is 2.43. The molecule has 0 fully saturated rings. The van der Waals surface area contributed by atoms with Crippen LogP contribution in [0.15, 0.2) is 36.4 Å². The number of benzene rings is 2. The van der Waals surface area contributed by atoms with Gasteiger partial charge in [-0.15, -0.1) is 0 Å². The van der Waals surface area contributed by atoms with Crippen molar-refractivity contribution in [2.45, 2.75) is 52.4 Å². The SMILES string of the molecule is CC(C)(C)c1c(C#N)cc(C(=O)c2ccccc2)c(O)c1C(C)(C)C. The molecule has 0 bridgehead atoms. The van der Waals surface area contributed by atoms with Gasteiger partial charge in [-0.05, 0) is 22.5 Å². The smallest absolute Gasteiger partial charge is 0.196 e. The van der Waals surface area contributed by atoms with Crippen molar-refractivity contribution < 1.29 is 9.90 Å². The molecule has 0 saturated carbocycles. The van der Waals surface area contributed by atoms with Crippen molar-refractivity contribution >= 4 is 5.78 Å². The van der Waals surface area contributed by atoms with Crippen molar-refractivity contribution in [1.82, 2.24) is 0 Å². The third-order valence-electron chi connectivity index (χ3n) is 4.20. The second-order valence-corrected chi connectivity index (χ2v) is 8.38. The van der Waals surface area contributed by atoms with E-state index in [1.165, 1.54) is 6.07 Å². The van der Waals surface area contributed by atoms with Crippen molar-refractivity contribution in [3.05, 3.63) is 64.2 Å². The van der Waals surface area contributed by atoms with E-state index in [1.54, 1.807) is 24.3 Å². The molecule has 0 aliphatic heterocycles. The van der Waals surface area contributed by atoms with Crippen LogP contribution in [0, 0.1) is 11.3 Å². The third kappa shape index (κ3) is 3.58. The zero-order valence-corrected chi connectivity index (χ0v) is 15.8. The van der Waals surface area contributed by atoms with Gasteiger partial charge in [-0.3, -0.25) is 4.79 Å². The minimum absolute atomic E-state index is 0.0229. The van der Waals surface area contributed by atoms with E-state index in [4.69, 9.17) is 0 Å². The molecule has 0 radical (unpaired) electrons. The van der Waals surface area contributed by atoms with E-state index in [1.807, 2.05) is 47.6 Å². The molecule has 2 aromatic rings. The van der Waals surface area contributed by atoms with E-state index in [-0.39, 0.29) is 22.5 Å². The normalized spacial score (nSPS) is 11.9. The zero-order valence-electron chi connectivity index (χ0n) is 15.8. The van der Waals surface area contributed by atoms with Gasteiger partial charge in [0.25, 0.3) is 0 Å². The molecule has 130 valence electrons. The Morgan fingerprint density at radius 1 is 0.960 bits per heavy atom. The number of nitrogens with zero attached hydrogens (tertiary/aromatic N) is 1. The summed E-state index contributed by atoms with van der Waals surface area (Å²) in [6.45, 7) is 12.0. The quantitative estimate of drug-likeness (QED) is 0.778. The van der Waals surface area contributed by atoms with Crippen LogP contribution in [0.4, 0.5) is 0 Å². The van der Waals surface area contributed by atoms with E-state index in [0.29, 0.717) is 16.7 Å². The standard InChI is InChI=1S/C22H25NO2/c1-21(2,3)17-15(13-23)12-16(20(25)18(17)22(4,5)6)19(24)14-10-8-7-9-11-14/h7-12,25H,1-6H3. The Bertz CT molecular complexity index is 845. The number of aromatic hydroxyl groups is 1. The van der Waals surface area contributed by atoms with E-state index in [9.17, 15) is 15.2 Å². The molecule has 1 N–H and O–H groups in total. The second kappa shape index (κ2) is 6.37. The molecule has 0 atom stereocenters. The number of hydrogen-bond donors (Lipinski definition) is 1. The first kappa shape index (κ1) is 18.7. The van der Waals surface area contributed by atoms with Gasteiger partial charge in [-0.2, -0.15) is 5.26 Å². The molecule has 0 aliphatic carbocycles. The first-order valence-electron chi connectivity index (χ1n) is 8.39. The summed E-state index contributed by atoms with van der Waals surface area (Å²) in [5, 5.41) is 20.7. The van der Waals surface area contributed by atoms with Crippen molar-refractivity contribution in [2.75, 3.05) is 0 Å². The molecule has 0 aromatic heterocycles. The van der Waals surface area contributed by atoms with Gasteiger partial charge in [-0.1, -0.05) is 71.9 Å². The number of nitriles is 1. The van der Waals surface area contributed by atoms with Crippen LogP contribution < -0.4 is 0 Å². The maximum Gasteiger partial charge on any atom is 0.196 e.